The fourth-order valence-electron chi connectivity index (χ4n) is 0.930. The Kier molecular flexibility index (Phi) is 7.19. The summed E-state index contributed by atoms with van der Waals surface area (Å²) in [4.78, 5) is 11.4. The molecule has 1 aromatic heterocycles. The summed E-state index contributed by atoms with van der Waals surface area (Å²) in [5.41, 5.74) is 6.31. The molecule has 4 N–H and O–H groups in total. The van der Waals surface area contributed by atoms with Crippen molar-refractivity contribution in [2.24, 2.45) is 5.73 Å². The minimum atomic E-state index is -0.447. The highest BCUT2D eigenvalue weighted by Crippen LogP contribution is 2.04. The van der Waals surface area contributed by atoms with Gasteiger partial charge in [-0.3, -0.25) is 9.89 Å². The Bertz CT molecular complexity index is 280. The average Bonchev–Trinajstić information content (AvgIpc) is 2.66. The van der Waals surface area contributed by atoms with Gasteiger partial charge in [0.15, 0.2) is 0 Å². The fourth-order valence-corrected chi connectivity index (χ4v) is 1.42. The number of rotatable bonds is 5. The smallest absolute Gasteiger partial charge is 0.241 e. The van der Waals surface area contributed by atoms with Crippen LogP contribution in [-0.4, -0.2) is 34.2 Å². The number of carbonyl (C=O) groups is 1. The van der Waals surface area contributed by atoms with Crippen molar-refractivity contribution in [3.63, 3.8) is 0 Å². The van der Waals surface area contributed by atoms with E-state index in [1.807, 2.05) is 6.26 Å². The lowest BCUT2D eigenvalue weighted by Gasteiger charge is -2.09. The third-order valence-electron chi connectivity index (χ3n) is 1.74. The summed E-state index contributed by atoms with van der Waals surface area (Å²) in [6.45, 7) is 0. The van der Waals surface area contributed by atoms with Gasteiger partial charge in [0.05, 0.1) is 17.9 Å². The Balaban J connectivity index is 0.00000196. The monoisotopic (exact) mass is 250 g/mol. The second kappa shape index (κ2) is 7.56. The second-order valence-electron chi connectivity index (χ2n) is 2.86. The predicted octanol–water partition coefficient (Wildman–Crippen LogP) is 0.850. The molecule has 0 bridgehead atoms. The van der Waals surface area contributed by atoms with Gasteiger partial charge in [0, 0.05) is 6.20 Å². The van der Waals surface area contributed by atoms with Gasteiger partial charge in [0.25, 0.3) is 0 Å². The molecule has 0 radical (unpaired) electrons. The van der Waals surface area contributed by atoms with Gasteiger partial charge in [-0.15, -0.1) is 12.4 Å². The minimum absolute atomic E-state index is 0. The van der Waals surface area contributed by atoms with Crippen LogP contribution < -0.4 is 11.1 Å². The third-order valence-corrected chi connectivity index (χ3v) is 2.38. The predicted molar refractivity (Wildman–Crippen MR) is 65.4 cm³/mol. The molecule has 7 heteroatoms. The van der Waals surface area contributed by atoms with Crippen molar-refractivity contribution in [1.82, 2.24) is 10.2 Å². The molecule has 0 aliphatic carbocycles. The first kappa shape index (κ1) is 14.3. The standard InChI is InChI=1S/C8H14N4OS.ClH/c1-14-3-2-7(9)8(13)12-6-4-10-11-5-6;/h4-5,7H,2-3,9H2,1H3,(H,10,11)(H,12,13);1H/t7-;/m0./s1. The van der Waals surface area contributed by atoms with Crippen LogP contribution in [0.2, 0.25) is 0 Å². The van der Waals surface area contributed by atoms with E-state index in [1.54, 1.807) is 24.2 Å². The molecule has 0 saturated heterocycles. The molecule has 86 valence electrons. The Labute approximate surface area is 99.0 Å². The van der Waals surface area contributed by atoms with Crippen LogP contribution in [0.15, 0.2) is 12.4 Å². The molecule has 15 heavy (non-hydrogen) atoms. The first-order valence-corrected chi connectivity index (χ1v) is 5.67. The minimum Gasteiger partial charge on any atom is -0.322 e. The van der Waals surface area contributed by atoms with Gasteiger partial charge in [0.1, 0.15) is 0 Å². The average molecular weight is 251 g/mol. The van der Waals surface area contributed by atoms with E-state index in [2.05, 4.69) is 15.5 Å². The summed E-state index contributed by atoms with van der Waals surface area (Å²) in [6.07, 6.45) is 5.82. The lowest BCUT2D eigenvalue weighted by atomic mass is 10.2. The van der Waals surface area contributed by atoms with Crippen LogP contribution in [0.5, 0.6) is 0 Å². The van der Waals surface area contributed by atoms with E-state index in [1.165, 1.54) is 0 Å². The van der Waals surface area contributed by atoms with Crippen LogP contribution in [0.1, 0.15) is 6.42 Å². The van der Waals surface area contributed by atoms with Gasteiger partial charge < -0.3 is 11.1 Å². The number of nitrogens with two attached hydrogens (primary N) is 1. The number of H-pyrrole nitrogens is 1. The van der Waals surface area contributed by atoms with E-state index in [0.29, 0.717) is 12.1 Å². The highest BCUT2D eigenvalue weighted by molar-refractivity contribution is 7.98. The molecule has 1 atom stereocenters. The van der Waals surface area contributed by atoms with Crippen LogP contribution >= 0.6 is 24.2 Å². The number of hydrogen-bond donors (Lipinski definition) is 3. The van der Waals surface area contributed by atoms with Gasteiger partial charge in [0.2, 0.25) is 5.91 Å². The fraction of sp³-hybridized carbons (Fsp3) is 0.500. The molecule has 0 aliphatic rings. The Hall–Kier alpha value is -0.720. The summed E-state index contributed by atoms with van der Waals surface area (Å²) in [6, 6.07) is -0.447. The lowest BCUT2D eigenvalue weighted by molar-refractivity contribution is -0.117. The summed E-state index contributed by atoms with van der Waals surface area (Å²) >= 11 is 1.68. The number of anilines is 1. The number of aromatic nitrogens is 2. The number of amides is 1. The Morgan fingerprint density at radius 2 is 2.53 bits per heavy atom. The summed E-state index contributed by atoms with van der Waals surface area (Å²) in [7, 11) is 0. The van der Waals surface area contributed by atoms with E-state index in [4.69, 9.17) is 5.73 Å². The van der Waals surface area contributed by atoms with E-state index in [0.717, 1.165) is 5.75 Å². The van der Waals surface area contributed by atoms with E-state index in [-0.39, 0.29) is 18.3 Å². The van der Waals surface area contributed by atoms with E-state index in [9.17, 15) is 4.79 Å². The number of hydrogen-bond acceptors (Lipinski definition) is 4. The van der Waals surface area contributed by atoms with Gasteiger partial charge in [-0.05, 0) is 18.4 Å². The maximum Gasteiger partial charge on any atom is 0.241 e. The molecule has 0 fully saturated rings. The van der Waals surface area contributed by atoms with Gasteiger partial charge in [-0.2, -0.15) is 16.9 Å². The van der Waals surface area contributed by atoms with E-state index >= 15 is 0 Å². The SMILES string of the molecule is CSCC[C@H](N)C(=O)Nc1cn[nH]c1.Cl. The summed E-state index contributed by atoms with van der Waals surface area (Å²) in [5, 5.41) is 8.98. The topological polar surface area (TPSA) is 83.8 Å². The number of halogens is 1. The van der Waals surface area contributed by atoms with Crippen molar-refractivity contribution in [1.29, 1.82) is 0 Å². The highest BCUT2D eigenvalue weighted by atomic mass is 35.5. The maximum atomic E-state index is 11.4. The van der Waals surface area contributed by atoms with Crippen molar-refractivity contribution in [2.45, 2.75) is 12.5 Å². The number of carbonyl (C=O) groups excluding carboxylic acids is 1. The molecule has 1 rings (SSSR count). The van der Waals surface area contributed by atoms with Crippen LogP contribution in [0.25, 0.3) is 0 Å². The molecular formula is C8H15ClN4OS. The van der Waals surface area contributed by atoms with Crippen LogP contribution in [0.3, 0.4) is 0 Å². The van der Waals surface area contributed by atoms with Crippen molar-refractivity contribution in [3.8, 4) is 0 Å². The van der Waals surface area contributed by atoms with Crippen molar-refractivity contribution < 1.29 is 4.79 Å². The molecule has 1 amide bonds. The van der Waals surface area contributed by atoms with Crippen LogP contribution in [-0.2, 0) is 4.79 Å². The molecule has 1 heterocycles. The normalized spacial score (nSPS) is 11.6. The van der Waals surface area contributed by atoms with Crippen LogP contribution in [0, 0.1) is 0 Å². The third kappa shape index (κ3) is 5.06. The molecule has 1 aromatic rings. The number of aromatic amines is 1. The first-order valence-electron chi connectivity index (χ1n) is 4.28. The maximum absolute atomic E-state index is 11.4. The molecule has 0 spiro atoms. The number of thioether (sulfide) groups is 1. The summed E-state index contributed by atoms with van der Waals surface area (Å²) < 4.78 is 0. The zero-order valence-corrected chi connectivity index (χ0v) is 10.0. The quantitative estimate of drug-likeness (QED) is 0.724. The molecule has 5 nitrogen and oxygen atoms in total. The van der Waals surface area contributed by atoms with Crippen molar-refractivity contribution >= 4 is 35.8 Å². The zero-order valence-electron chi connectivity index (χ0n) is 8.40. The van der Waals surface area contributed by atoms with Crippen molar-refractivity contribution in [3.05, 3.63) is 12.4 Å². The Morgan fingerprint density at radius 1 is 1.80 bits per heavy atom. The van der Waals surface area contributed by atoms with Crippen LogP contribution in [0.4, 0.5) is 5.69 Å². The largest absolute Gasteiger partial charge is 0.322 e. The highest BCUT2D eigenvalue weighted by Gasteiger charge is 2.12. The Morgan fingerprint density at radius 3 is 3.07 bits per heavy atom. The van der Waals surface area contributed by atoms with E-state index < -0.39 is 6.04 Å². The molecule has 0 aliphatic heterocycles. The molecule has 0 unspecified atom stereocenters. The summed E-state index contributed by atoms with van der Waals surface area (Å²) in [5.74, 6) is 0.723. The van der Waals surface area contributed by atoms with Gasteiger partial charge in [-0.1, -0.05) is 0 Å². The lowest BCUT2D eigenvalue weighted by Crippen LogP contribution is -2.35. The molecule has 0 aromatic carbocycles. The first-order chi connectivity index (χ1) is 6.74. The number of nitrogens with zero attached hydrogens (tertiary/aromatic N) is 1. The molecule has 0 saturated carbocycles. The molecular weight excluding hydrogens is 236 g/mol. The number of nitrogens with one attached hydrogen (secondary N) is 2. The second-order valence-corrected chi connectivity index (χ2v) is 3.85. The van der Waals surface area contributed by atoms with Gasteiger partial charge >= 0.3 is 0 Å². The van der Waals surface area contributed by atoms with Gasteiger partial charge in [-0.25, -0.2) is 0 Å². The van der Waals surface area contributed by atoms with Crippen molar-refractivity contribution in [2.75, 3.05) is 17.3 Å². The zero-order chi connectivity index (χ0) is 10.4.